The fourth-order valence-electron chi connectivity index (χ4n) is 2.29. The van der Waals surface area contributed by atoms with Gasteiger partial charge < -0.3 is 5.11 Å². The average molecular weight is 251 g/mol. The fraction of sp³-hybridized carbons (Fsp3) is 0.667. The number of rotatable bonds is 6. The first-order chi connectivity index (χ1) is 8.50. The second-order valence-corrected chi connectivity index (χ2v) is 5.36. The number of hydrogen-bond acceptors (Lipinski definition) is 2. The molecule has 1 saturated heterocycles. The van der Waals surface area contributed by atoms with Crippen LogP contribution in [-0.2, 0) is 4.79 Å². The Kier molecular flexibility index (Phi) is 6.13. The molecule has 3 nitrogen and oxygen atoms in total. The topological polar surface area (TPSA) is 40.5 Å². The number of allylic oxidation sites excluding steroid dienone is 3. The number of likely N-dealkylation sites (tertiary alicyclic amines) is 1. The van der Waals surface area contributed by atoms with Gasteiger partial charge in [-0.3, -0.25) is 9.69 Å². The molecule has 3 heteroatoms. The second kappa shape index (κ2) is 7.37. The smallest absolute Gasteiger partial charge is 0.320 e. The lowest BCUT2D eigenvalue weighted by molar-refractivity contribution is -0.141. The van der Waals surface area contributed by atoms with E-state index in [1.807, 2.05) is 0 Å². The maximum absolute atomic E-state index is 11.0. The van der Waals surface area contributed by atoms with Gasteiger partial charge >= 0.3 is 5.97 Å². The van der Waals surface area contributed by atoms with E-state index in [0.717, 1.165) is 38.8 Å². The highest BCUT2D eigenvalue weighted by molar-refractivity contribution is 5.73. The van der Waals surface area contributed by atoms with Crippen molar-refractivity contribution in [3.05, 3.63) is 23.3 Å². The summed E-state index contributed by atoms with van der Waals surface area (Å²) in [6.07, 6.45) is 8.36. The molecule has 0 radical (unpaired) electrons. The van der Waals surface area contributed by atoms with Crippen molar-refractivity contribution in [3.8, 4) is 0 Å². The molecule has 0 aromatic heterocycles. The lowest BCUT2D eigenvalue weighted by Gasteiger charge is -2.19. The summed E-state index contributed by atoms with van der Waals surface area (Å²) >= 11 is 0. The molecular formula is C15H25NO2. The van der Waals surface area contributed by atoms with Gasteiger partial charge in [0.15, 0.2) is 0 Å². The van der Waals surface area contributed by atoms with E-state index in [4.69, 9.17) is 5.11 Å². The third-order valence-corrected chi connectivity index (χ3v) is 3.41. The van der Waals surface area contributed by atoms with Gasteiger partial charge in [0.05, 0.1) is 0 Å². The van der Waals surface area contributed by atoms with Gasteiger partial charge in [-0.05, 0) is 53.0 Å². The van der Waals surface area contributed by atoms with Crippen LogP contribution in [0.25, 0.3) is 0 Å². The first-order valence-electron chi connectivity index (χ1n) is 6.76. The molecule has 1 aliphatic heterocycles. The Bertz CT molecular complexity index is 340. The van der Waals surface area contributed by atoms with E-state index < -0.39 is 5.97 Å². The SMILES string of the molecule is CC(C)=CCCC(C)=CCN1CCC[C@H]1C(=O)O. The van der Waals surface area contributed by atoms with Crippen molar-refractivity contribution in [2.24, 2.45) is 0 Å². The molecule has 102 valence electrons. The highest BCUT2D eigenvalue weighted by atomic mass is 16.4. The minimum Gasteiger partial charge on any atom is -0.480 e. The van der Waals surface area contributed by atoms with Crippen LogP contribution in [0.2, 0.25) is 0 Å². The molecule has 0 bridgehead atoms. The highest BCUT2D eigenvalue weighted by Gasteiger charge is 2.29. The molecule has 0 aliphatic carbocycles. The van der Waals surface area contributed by atoms with Crippen molar-refractivity contribution >= 4 is 5.97 Å². The molecule has 0 aromatic carbocycles. The molecule has 1 atom stereocenters. The second-order valence-electron chi connectivity index (χ2n) is 5.36. The lowest BCUT2D eigenvalue weighted by atomic mass is 10.1. The molecule has 18 heavy (non-hydrogen) atoms. The predicted octanol–water partition coefficient (Wildman–Crippen LogP) is 3.23. The Morgan fingerprint density at radius 1 is 1.33 bits per heavy atom. The Morgan fingerprint density at radius 2 is 2.06 bits per heavy atom. The van der Waals surface area contributed by atoms with Gasteiger partial charge in [-0.15, -0.1) is 0 Å². The summed E-state index contributed by atoms with van der Waals surface area (Å²) in [5.41, 5.74) is 2.71. The van der Waals surface area contributed by atoms with Crippen LogP contribution in [0, 0.1) is 0 Å². The molecule has 1 aliphatic rings. The zero-order valence-corrected chi connectivity index (χ0v) is 11.8. The molecule has 1 rings (SSSR count). The monoisotopic (exact) mass is 251 g/mol. The van der Waals surface area contributed by atoms with Crippen molar-refractivity contribution in [3.63, 3.8) is 0 Å². The third-order valence-electron chi connectivity index (χ3n) is 3.41. The van der Waals surface area contributed by atoms with Crippen molar-refractivity contribution in [2.45, 2.75) is 52.5 Å². The van der Waals surface area contributed by atoms with Crippen molar-refractivity contribution in [1.82, 2.24) is 4.90 Å². The van der Waals surface area contributed by atoms with Gasteiger partial charge in [0.2, 0.25) is 0 Å². The molecule has 1 fully saturated rings. The first kappa shape index (κ1) is 15.0. The molecular weight excluding hydrogens is 226 g/mol. The zero-order valence-electron chi connectivity index (χ0n) is 11.8. The number of nitrogens with zero attached hydrogens (tertiary/aromatic N) is 1. The minimum atomic E-state index is -0.678. The summed E-state index contributed by atoms with van der Waals surface area (Å²) in [4.78, 5) is 13.1. The molecule has 1 N–H and O–H groups in total. The highest BCUT2D eigenvalue weighted by Crippen LogP contribution is 2.17. The summed E-state index contributed by atoms with van der Waals surface area (Å²) in [6.45, 7) is 8.04. The minimum absolute atomic E-state index is 0.271. The van der Waals surface area contributed by atoms with Crippen LogP contribution in [0.15, 0.2) is 23.3 Å². The van der Waals surface area contributed by atoms with E-state index >= 15 is 0 Å². The molecule has 0 spiro atoms. The van der Waals surface area contributed by atoms with Gasteiger partial charge in [0.25, 0.3) is 0 Å². The van der Waals surface area contributed by atoms with E-state index in [1.54, 1.807) is 0 Å². The lowest BCUT2D eigenvalue weighted by Crippen LogP contribution is -2.36. The van der Waals surface area contributed by atoms with Crippen LogP contribution in [-0.4, -0.2) is 35.1 Å². The van der Waals surface area contributed by atoms with Crippen molar-refractivity contribution in [1.29, 1.82) is 0 Å². The van der Waals surface area contributed by atoms with Crippen LogP contribution < -0.4 is 0 Å². The summed E-state index contributed by atoms with van der Waals surface area (Å²) in [6, 6.07) is -0.271. The number of carboxylic acids is 1. The first-order valence-corrected chi connectivity index (χ1v) is 6.76. The maximum atomic E-state index is 11.0. The summed E-state index contributed by atoms with van der Waals surface area (Å²) in [7, 11) is 0. The Hall–Kier alpha value is -1.09. The molecule has 0 amide bonds. The Balaban J connectivity index is 2.38. The van der Waals surface area contributed by atoms with Crippen LogP contribution in [0.5, 0.6) is 0 Å². The van der Waals surface area contributed by atoms with E-state index in [-0.39, 0.29) is 6.04 Å². The maximum Gasteiger partial charge on any atom is 0.320 e. The normalized spacial score (nSPS) is 21.1. The third kappa shape index (κ3) is 5.05. The van der Waals surface area contributed by atoms with Crippen LogP contribution in [0.3, 0.4) is 0 Å². The molecule has 0 unspecified atom stereocenters. The van der Waals surface area contributed by atoms with Crippen molar-refractivity contribution < 1.29 is 9.90 Å². The number of carbonyl (C=O) groups is 1. The van der Waals surface area contributed by atoms with Gasteiger partial charge in [-0.2, -0.15) is 0 Å². The van der Waals surface area contributed by atoms with Gasteiger partial charge in [-0.1, -0.05) is 23.3 Å². The van der Waals surface area contributed by atoms with E-state index in [9.17, 15) is 4.79 Å². The van der Waals surface area contributed by atoms with Gasteiger partial charge in [0, 0.05) is 6.54 Å². The number of aliphatic carboxylic acids is 1. The molecule has 0 saturated carbocycles. The van der Waals surface area contributed by atoms with Crippen LogP contribution >= 0.6 is 0 Å². The predicted molar refractivity (Wildman–Crippen MR) is 74.7 cm³/mol. The number of hydrogen-bond donors (Lipinski definition) is 1. The van der Waals surface area contributed by atoms with E-state index in [1.165, 1.54) is 11.1 Å². The zero-order chi connectivity index (χ0) is 13.5. The van der Waals surface area contributed by atoms with Crippen LogP contribution in [0.4, 0.5) is 0 Å². The van der Waals surface area contributed by atoms with Gasteiger partial charge in [-0.25, -0.2) is 0 Å². The van der Waals surface area contributed by atoms with Gasteiger partial charge in [0.1, 0.15) is 6.04 Å². The average Bonchev–Trinajstić information content (AvgIpc) is 2.74. The summed E-state index contributed by atoms with van der Waals surface area (Å²) < 4.78 is 0. The van der Waals surface area contributed by atoms with E-state index in [2.05, 4.69) is 37.8 Å². The quantitative estimate of drug-likeness (QED) is 0.737. The van der Waals surface area contributed by atoms with Crippen molar-refractivity contribution in [2.75, 3.05) is 13.1 Å². The summed E-state index contributed by atoms with van der Waals surface area (Å²) in [5.74, 6) is -0.678. The molecule has 0 aromatic rings. The number of carboxylic acid groups (broad SMARTS) is 1. The van der Waals surface area contributed by atoms with E-state index in [0.29, 0.717) is 0 Å². The largest absolute Gasteiger partial charge is 0.480 e. The Labute approximate surface area is 110 Å². The summed E-state index contributed by atoms with van der Waals surface area (Å²) in [5, 5.41) is 9.08. The standard InChI is InChI=1S/C15H25NO2/c1-12(2)6-4-7-13(3)9-11-16-10-5-8-14(16)15(17)18/h6,9,14H,4-5,7-8,10-11H2,1-3H3,(H,17,18)/t14-/m0/s1. The fourth-order valence-corrected chi connectivity index (χ4v) is 2.29. The van der Waals surface area contributed by atoms with Crippen LogP contribution in [0.1, 0.15) is 46.5 Å². The Morgan fingerprint density at radius 3 is 2.67 bits per heavy atom. The molecule has 1 heterocycles.